The lowest BCUT2D eigenvalue weighted by Gasteiger charge is -2.32. The minimum Gasteiger partial charge on any atom is -0.493 e. The number of nitrogens with one attached hydrogen (secondary N) is 2. The molecule has 1 fully saturated rings. The molecule has 1 aromatic heterocycles. The molecule has 2 amide bonds. The van der Waals surface area contributed by atoms with Crippen molar-refractivity contribution in [1.29, 1.82) is 0 Å². The number of amides is 2. The highest BCUT2D eigenvalue weighted by Crippen LogP contribution is 2.28. The molecule has 0 atom stereocenters. The number of aromatic amines is 1. The van der Waals surface area contributed by atoms with E-state index in [9.17, 15) is 9.59 Å². The lowest BCUT2D eigenvalue weighted by atomic mass is 10.0. The predicted octanol–water partition coefficient (Wildman–Crippen LogP) is 2.90. The third kappa shape index (κ3) is 4.42. The van der Waals surface area contributed by atoms with Crippen LogP contribution in [0.5, 0.6) is 11.5 Å². The molecular weight excluding hydrogens is 408 g/mol. The highest BCUT2D eigenvalue weighted by atomic mass is 16.5. The third-order valence-electron chi connectivity index (χ3n) is 5.72. The molecule has 8 heteroatoms. The first-order valence-corrected chi connectivity index (χ1v) is 10.6. The quantitative estimate of drug-likeness (QED) is 0.584. The van der Waals surface area contributed by atoms with Gasteiger partial charge in [-0.3, -0.25) is 4.57 Å². The van der Waals surface area contributed by atoms with Gasteiger partial charge in [-0.05, 0) is 42.7 Å². The fourth-order valence-electron chi connectivity index (χ4n) is 4.12. The minimum atomic E-state index is -0.128. The van der Waals surface area contributed by atoms with Crippen LogP contribution in [-0.2, 0) is 6.54 Å². The fraction of sp³-hybridized carbons (Fsp3) is 0.333. The number of hydrogen-bond donors (Lipinski definition) is 2. The second kappa shape index (κ2) is 9.52. The van der Waals surface area contributed by atoms with Gasteiger partial charge in [-0.15, -0.1) is 6.42 Å². The highest BCUT2D eigenvalue weighted by Gasteiger charge is 2.26. The van der Waals surface area contributed by atoms with E-state index in [4.69, 9.17) is 15.9 Å². The van der Waals surface area contributed by atoms with Crippen molar-refractivity contribution in [2.45, 2.75) is 25.4 Å². The SMILES string of the molecule is C#CCOc1cc(CNC(=O)N2CCC(n3c(=O)[nH]c4ccccc43)CC2)ccc1OC. The first-order chi connectivity index (χ1) is 15.6. The summed E-state index contributed by atoms with van der Waals surface area (Å²) in [5.41, 5.74) is 2.52. The number of H-pyrrole nitrogens is 1. The van der Waals surface area contributed by atoms with Crippen LogP contribution in [-0.4, -0.2) is 47.3 Å². The third-order valence-corrected chi connectivity index (χ3v) is 5.72. The molecule has 2 aromatic carbocycles. The van der Waals surface area contributed by atoms with E-state index in [1.807, 2.05) is 41.0 Å². The number of ether oxygens (including phenoxy) is 2. The predicted molar refractivity (Wildman–Crippen MR) is 122 cm³/mol. The fourth-order valence-corrected chi connectivity index (χ4v) is 4.12. The van der Waals surface area contributed by atoms with Crippen LogP contribution in [0.4, 0.5) is 4.79 Å². The van der Waals surface area contributed by atoms with E-state index in [2.05, 4.69) is 16.2 Å². The summed E-state index contributed by atoms with van der Waals surface area (Å²) >= 11 is 0. The Bertz CT molecular complexity index is 1200. The van der Waals surface area contributed by atoms with Crippen LogP contribution in [0.3, 0.4) is 0 Å². The van der Waals surface area contributed by atoms with Crippen LogP contribution in [0.2, 0.25) is 0 Å². The average molecular weight is 434 g/mol. The molecule has 0 bridgehead atoms. The lowest BCUT2D eigenvalue weighted by Crippen LogP contribution is -2.45. The summed E-state index contributed by atoms with van der Waals surface area (Å²) in [6.45, 7) is 1.67. The molecule has 0 aliphatic carbocycles. The molecule has 2 N–H and O–H groups in total. The zero-order chi connectivity index (χ0) is 22.5. The van der Waals surface area contributed by atoms with E-state index in [0.29, 0.717) is 31.1 Å². The standard InChI is InChI=1S/C24H26N4O4/c1-3-14-32-22-15-17(8-9-21(22)31-2)16-25-23(29)27-12-10-18(11-13-27)28-20-7-5-4-6-19(20)26-24(28)30/h1,4-9,15,18H,10-14,16H2,2H3,(H,25,29)(H,26,30). The number of aromatic nitrogens is 2. The maximum absolute atomic E-state index is 12.7. The summed E-state index contributed by atoms with van der Waals surface area (Å²) in [7, 11) is 1.56. The molecule has 0 saturated carbocycles. The number of terminal acetylenes is 1. The number of urea groups is 1. The number of carbonyl (C=O) groups is 1. The molecule has 2 heterocycles. The zero-order valence-electron chi connectivity index (χ0n) is 18.0. The number of para-hydroxylation sites is 2. The summed E-state index contributed by atoms with van der Waals surface area (Å²) < 4.78 is 12.6. The molecule has 0 radical (unpaired) electrons. The lowest BCUT2D eigenvalue weighted by molar-refractivity contribution is 0.171. The number of nitrogens with zero attached hydrogens (tertiary/aromatic N) is 2. The van der Waals surface area contributed by atoms with Gasteiger partial charge < -0.3 is 24.7 Å². The molecule has 0 unspecified atom stereocenters. The van der Waals surface area contributed by atoms with E-state index in [0.717, 1.165) is 29.4 Å². The number of hydrogen-bond acceptors (Lipinski definition) is 4. The first kappa shape index (κ1) is 21.4. The molecule has 1 aliphatic heterocycles. The molecule has 3 aromatic rings. The molecule has 4 rings (SSSR count). The second-order valence-electron chi connectivity index (χ2n) is 7.67. The average Bonchev–Trinajstić information content (AvgIpc) is 3.17. The number of rotatable bonds is 6. The van der Waals surface area contributed by atoms with Gasteiger partial charge in [0.15, 0.2) is 11.5 Å². The van der Waals surface area contributed by atoms with Crippen LogP contribution in [0.15, 0.2) is 47.3 Å². The maximum atomic E-state index is 12.7. The number of carbonyl (C=O) groups excluding carboxylic acids is 1. The van der Waals surface area contributed by atoms with E-state index >= 15 is 0 Å². The first-order valence-electron chi connectivity index (χ1n) is 10.6. The van der Waals surface area contributed by atoms with Gasteiger partial charge in [-0.2, -0.15) is 0 Å². The van der Waals surface area contributed by atoms with Crippen molar-refractivity contribution < 1.29 is 14.3 Å². The summed E-state index contributed by atoms with van der Waals surface area (Å²) in [5.74, 6) is 3.56. The van der Waals surface area contributed by atoms with Crippen molar-refractivity contribution in [2.24, 2.45) is 0 Å². The van der Waals surface area contributed by atoms with Gasteiger partial charge in [-0.1, -0.05) is 24.1 Å². The van der Waals surface area contributed by atoms with Gasteiger partial charge in [0, 0.05) is 25.7 Å². The van der Waals surface area contributed by atoms with E-state index in [-0.39, 0.29) is 24.4 Å². The number of imidazole rings is 1. The highest BCUT2D eigenvalue weighted by molar-refractivity contribution is 5.75. The normalized spacial score (nSPS) is 14.2. The Labute approximate surface area is 186 Å². The monoisotopic (exact) mass is 434 g/mol. The minimum absolute atomic E-state index is 0.0696. The smallest absolute Gasteiger partial charge is 0.326 e. The molecule has 32 heavy (non-hydrogen) atoms. The molecule has 1 saturated heterocycles. The molecule has 0 spiro atoms. The van der Waals surface area contributed by atoms with Gasteiger partial charge in [0.1, 0.15) is 6.61 Å². The van der Waals surface area contributed by atoms with E-state index in [1.165, 1.54) is 0 Å². The van der Waals surface area contributed by atoms with Crippen LogP contribution >= 0.6 is 0 Å². The maximum Gasteiger partial charge on any atom is 0.326 e. The number of likely N-dealkylation sites (tertiary alicyclic amines) is 1. The van der Waals surface area contributed by atoms with Crippen LogP contribution in [0.1, 0.15) is 24.4 Å². The summed E-state index contributed by atoms with van der Waals surface area (Å²) in [6, 6.07) is 13.1. The van der Waals surface area contributed by atoms with Crippen molar-refractivity contribution in [2.75, 3.05) is 26.8 Å². The van der Waals surface area contributed by atoms with E-state index in [1.54, 1.807) is 18.1 Å². The van der Waals surface area contributed by atoms with Gasteiger partial charge in [0.05, 0.1) is 18.1 Å². The Hall–Kier alpha value is -3.86. The van der Waals surface area contributed by atoms with Crippen molar-refractivity contribution in [3.05, 3.63) is 58.5 Å². The number of methoxy groups -OCH3 is 1. The van der Waals surface area contributed by atoms with Gasteiger partial charge >= 0.3 is 11.7 Å². The van der Waals surface area contributed by atoms with E-state index < -0.39 is 0 Å². The van der Waals surface area contributed by atoms with Gasteiger partial charge in [0.25, 0.3) is 0 Å². The Morgan fingerprint density at radius 2 is 2.00 bits per heavy atom. The zero-order valence-corrected chi connectivity index (χ0v) is 18.0. The Morgan fingerprint density at radius 3 is 2.75 bits per heavy atom. The molecule has 166 valence electrons. The topological polar surface area (TPSA) is 88.6 Å². The number of piperidine rings is 1. The van der Waals surface area contributed by atoms with Crippen LogP contribution < -0.4 is 20.5 Å². The van der Waals surface area contributed by atoms with Gasteiger partial charge in [-0.25, -0.2) is 9.59 Å². The number of fused-ring (bicyclic) bond motifs is 1. The largest absolute Gasteiger partial charge is 0.493 e. The summed E-state index contributed by atoms with van der Waals surface area (Å²) in [4.78, 5) is 29.8. The Balaban J connectivity index is 1.35. The Kier molecular flexibility index (Phi) is 6.36. The van der Waals surface area contributed by atoms with Crippen LogP contribution in [0, 0.1) is 12.3 Å². The molecule has 8 nitrogen and oxygen atoms in total. The number of benzene rings is 2. The van der Waals surface area contributed by atoms with Crippen molar-refractivity contribution in [1.82, 2.24) is 19.8 Å². The summed E-state index contributed by atoms with van der Waals surface area (Å²) in [5, 5.41) is 2.96. The van der Waals surface area contributed by atoms with Crippen molar-refractivity contribution in [3.63, 3.8) is 0 Å². The summed E-state index contributed by atoms with van der Waals surface area (Å²) in [6.07, 6.45) is 6.71. The molecular formula is C24H26N4O4. The van der Waals surface area contributed by atoms with Gasteiger partial charge in [0.2, 0.25) is 0 Å². The Morgan fingerprint density at radius 1 is 1.22 bits per heavy atom. The van der Waals surface area contributed by atoms with Crippen LogP contribution in [0.25, 0.3) is 11.0 Å². The van der Waals surface area contributed by atoms with Crippen molar-refractivity contribution >= 4 is 17.1 Å². The van der Waals surface area contributed by atoms with Crippen molar-refractivity contribution in [3.8, 4) is 23.8 Å². The molecule has 1 aliphatic rings. The second-order valence-corrected chi connectivity index (χ2v) is 7.67.